The second kappa shape index (κ2) is 8.37. The smallest absolute Gasteiger partial charge is 0.248 e. The molecule has 1 saturated heterocycles. The quantitative estimate of drug-likeness (QED) is 0.558. The standard InChI is InChI=1S/C24H27N3OS/c1-16-8-11-27(12-9-16)23-14-18(3)20-15-19(4-5-21(20)26-23)25-24(28)7-6-22-17(2)10-13-29-22/h4-7,10,13-16H,8-9,11-12H2,1-3H3,(H,25,28)/b7-6+. The van der Waals surface area contributed by atoms with Crippen LogP contribution in [0.5, 0.6) is 0 Å². The Hall–Kier alpha value is -2.66. The fraction of sp³-hybridized carbons (Fsp3) is 0.333. The van der Waals surface area contributed by atoms with Gasteiger partial charge in [0.1, 0.15) is 5.82 Å². The van der Waals surface area contributed by atoms with E-state index in [1.807, 2.05) is 36.6 Å². The molecule has 0 radical (unpaired) electrons. The van der Waals surface area contributed by atoms with Crippen molar-refractivity contribution < 1.29 is 4.79 Å². The summed E-state index contributed by atoms with van der Waals surface area (Å²) < 4.78 is 0. The van der Waals surface area contributed by atoms with Gasteiger partial charge in [0.05, 0.1) is 5.52 Å². The number of aryl methyl sites for hydroxylation is 2. The minimum atomic E-state index is -0.123. The molecule has 1 aromatic carbocycles. The predicted octanol–water partition coefficient (Wildman–Crippen LogP) is 5.80. The van der Waals surface area contributed by atoms with Gasteiger partial charge in [0.15, 0.2) is 0 Å². The molecule has 1 aliphatic rings. The molecule has 1 N–H and O–H groups in total. The number of rotatable bonds is 4. The summed E-state index contributed by atoms with van der Waals surface area (Å²) in [6, 6.07) is 10.2. The van der Waals surface area contributed by atoms with Gasteiger partial charge in [-0.25, -0.2) is 4.98 Å². The van der Waals surface area contributed by atoms with Gasteiger partial charge in [0.2, 0.25) is 5.91 Å². The van der Waals surface area contributed by atoms with Crippen LogP contribution >= 0.6 is 11.3 Å². The van der Waals surface area contributed by atoms with Crippen molar-refractivity contribution in [2.24, 2.45) is 5.92 Å². The molecule has 0 unspecified atom stereocenters. The monoisotopic (exact) mass is 405 g/mol. The SMILES string of the molecule is Cc1ccsc1/C=C/C(=O)Nc1ccc2nc(N3CCC(C)CC3)cc(C)c2c1. The minimum Gasteiger partial charge on any atom is -0.357 e. The summed E-state index contributed by atoms with van der Waals surface area (Å²) in [5.74, 6) is 1.74. The van der Waals surface area contributed by atoms with E-state index < -0.39 is 0 Å². The Labute approximate surface area is 176 Å². The number of amides is 1. The Balaban J connectivity index is 1.51. The highest BCUT2D eigenvalue weighted by Crippen LogP contribution is 2.28. The van der Waals surface area contributed by atoms with Crippen molar-refractivity contribution in [2.45, 2.75) is 33.6 Å². The Kier molecular flexibility index (Phi) is 5.67. The molecule has 1 amide bonds. The zero-order valence-corrected chi connectivity index (χ0v) is 18.1. The molecule has 2 aromatic heterocycles. The minimum absolute atomic E-state index is 0.123. The number of piperidine rings is 1. The second-order valence-electron chi connectivity index (χ2n) is 7.99. The number of thiophene rings is 1. The number of benzene rings is 1. The summed E-state index contributed by atoms with van der Waals surface area (Å²) in [5, 5.41) is 6.08. The number of carbonyl (C=O) groups excluding carboxylic acids is 1. The summed E-state index contributed by atoms with van der Waals surface area (Å²) in [4.78, 5) is 20.7. The largest absolute Gasteiger partial charge is 0.357 e. The van der Waals surface area contributed by atoms with E-state index in [0.717, 1.165) is 46.3 Å². The number of hydrogen-bond donors (Lipinski definition) is 1. The van der Waals surface area contributed by atoms with Crippen LogP contribution < -0.4 is 10.2 Å². The number of aromatic nitrogens is 1. The number of nitrogens with zero attached hydrogens (tertiary/aromatic N) is 2. The average Bonchev–Trinajstić information content (AvgIpc) is 3.12. The first kappa shape index (κ1) is 19.6. The van der Waals surface area contributed by atoms with Crippen LogP contribution in [0, 0.1) is 19.8 Å². The van der Waals surface area contributed by atoms with E-state index in [2.05, 4.69) is 36.2 Å². The molecule has 0 atom stereocenters. The van der Waals surface area contributed by atoms with Crippen LogP contribution in [0.25, 0.3) is 17.0 Å². The lowest BCUT2D eigenvalue weighted by molar-refractivity contribution is -0.111. The molecule has 0 aliphatic carbocycles. The van der Waals surface area contributed by atoms with Crippen molar-refractivity contribution in [3.05, 3.63) is 57.8 Å². The first-order valence-corrected chi connectivity index (χ1v) is 11.1. The van der Waals surface area contributed by atoms with Crippen LogP contribution in [0.15, 0.2) is 41.8 Å². The normalized spacial score (nSPS) is 15.3. The maximum absolute atomic E-state index is 12.3. The summed E-state index contributed by atoms with van der Waals surface area (Å²) in [6.07, 6.45) is 5.91. The number of pyridine rings is 1. The molecule has 4 nitrogen and oxygen atoms in total. The first-order chi connectivity index (χ1) is 14.0. The highest BCUT2D eigenvalue weighted by atomic mass is 32.1. The number of nitrogens with one attached hydrogen (secondary N) is 1. The van der Waals surface area contributed by atoms with Crippen molar-refractivity contribution in [2.75, 3.05) is 23.3 Å². The van der Waals surface area contributed by atoms with Gasteiger partial charge >= 0.3 is 0 Å². The van der Waals surface area contributed by atoms with Crippen molar-refractivity contribution >= 4 is 45.7 Å². The second-order valence-corrected chi connectivity index (χ2v) is 8.94. The topological polar surface area (TPSA) is 45.2 Å². The van der Waals surface area contributed by atoms with Crippen molar-refractivity contribution in [3.63, 3.8) is 0 Å². The van der Waals surface area contributed by atoms with E-state index >= 15 is 0 Å². The Morgan fingerprint density at radius 1 is 1.17 bits per heavy atom. The molecule has 0 spiro atoms. The molecule has 150 valence electrons. The van der Waals surface area contributed by atoms with Crippen molar-refractivity contribution in [3.8, 4) is 0 Å². The summed E-state index contributed by atoms with van der Waals surface area (Å²) in [6.45, 7) is 8.63. The molecular weight excluding hydrogens is 378 g/mol. The zero-order chi connectivity index (χ0) is 20.4. The average molecular weight is 406 g/mol. The van der Waals surface area contributed by atoms with Gasteiger partial charge in [0.25, 0.3) is 0 Å². The zero-order valence-electron chi connectivity index (χ0n) is 17.2. The van der Waals surface area contributed by atoms with Crippen LogP contribution in [-0.2, 0) is 4.79 Å². The molecule has 0 bridgehead atoms. The van der Waals surface area contributed by atoms with Gasteiger partial charge in [-0.3, -0.25) is 4.79 Å². The van der Waals surface area contributed by atoms with E-state index in [1.54, 1.807) is 17.4 Å². The van der Waals surface area contributed by atoms with Gasteiger partial charge in [-0.1, -0.05) is 6.92 Å². The molecule has 4 rings (SSSR count). The molecular formula is C24H27N3OS. The van der Waals surface area contributed by atoms with Crippen LogP contribution in [0.3, 0.4) is 0 Å². The van der Waals surface area contributed by atoms with Crippen LogP contribution in [0.2, 0.25) is 0 Å². The van der Waals surface area contributed by atoms with Crippen LogP contribution in [0.1, 0.15) is 35.8 Å². The summed E-state index contributed by atoms with van der Waals surface area (Å²) in [7, 11) is 0. The molecule has 1 aliphatic heterocycles. The molecule has 29 heavy (non-hydrogen) atoms. The highest BCUT2D eigenvalue weighted by Gasteiger charge is 2.18. The number of fused-ring (bicyclic) bond motifs is 1. The molecule has 3 heterocycles. The highest BCUT2D eigenvalue weighted by molar-refractivity contribution is 7.11. The molecule has 5 heteroatoms. The van der Waals surface area contributed by atoms with E-state index in [9.17, 15) is 4.79 Å². The lowest BCUT2D eigenvalue weighted by Crippen LogP contribution is -2.33. The third kappa shape index (κ3) is 4.51. The predicted molar refractivity (Wildman–Crippen MR) is 124 cm³/mol. The Bertz CT molecular complexity index is 1060. The van der Waals surface area contributed by atoms with Gasteiger partial charge in [-0.2, -0.15) is 0 Å². The van der Waals surface area contributed by atoms with Crippen LogP contribution in [0.4, 0.5) is 11.5 Å². The van der Waals surface area contributed by atoms with Gasteiger partial charge in [0, 0.05) is 35.1 Å². The van der Waals surface area contributed by atoms with E-state index in [0.29, 0.717) is 0 Å². The van der Waals surface area contributed by atoms with Crippen molar-refractivity contribution in [1.82, 2.24) is 4.98 Å². The van der Waals surface area contributed by atoms with Gasteiger partial charge < -0.3 is 10.2 Å². The third-order valence-corrected chi connectivity index (χ3v) is 6.65. The first-order valence-electron chi connectivity index (χ1n) is 10.2. The fourth-order valence-corrected chi connectivity index (χ4v) is 4.56. The van der Waals surface area contributed by atoms with Crippen LogP contribution in [-0.4, -0.2) is 24.0 Å². The van der Waals surface area contributed by atoms with Gasteiger partial charge in [-0.15, -0.1) is 11.3 Å². The lowest BCUT2D eigenvalue weighted by Gasteiger charge is -2.31. The molecule has 3 aromatic rings. The van der Waals surface area contributed by atoms with E-state index in [4.69, 9.17) is 4.98 Å². The van der Waals surface area contributed by atoms with E-state index in [1.165, 1.54) is 24.0 Å². The Morgan fingerprint density at radius 3 is 2.69 bits per heavy atom. The maximum atomic E-state index is 12.3. The molecule has 1 fully saturated rings. The Morgan fingerprint density at radius 2 is 1.97 bits per heavy atom. The fourth-order valence-electron chi connectivity index (χ4n) is 3.74. The molecule has 0 saturated carbocycles. The number of hydrogen-bond acceptors (Lipinski definition) is 4. The number of carbonyl (C=O) groups is 1. The maximum Gasteiger partial charge on any atom is 0.248 e. The number of anilines is 2. The van der Waals surface area contributed by atoms with E-state index in [-0.39, 0.29) is 5.91 Å². The third-order valence-electron chi connectivity index (χ3n) is 5.66. The summed E-state index contributed by atoms with van der Waals surface area (Å²) >= 11 is 1.64. The lowest BCUT2D eigenvalue weighted by atomic mass is 9.99. The summed E-state index contributed by atoms with van der Waals surface area (Å²) in [5.41, 5.74) is 4.13. The van der Waals surface area contributed by atoms with Crippen molar-refractivity contribution in [1.29, 1.82) is 0 Å². The van der Waals surface area contributed by atoms with Gasteiger partial charge in [-0.05, 0) is 85.5 Å².